The van der Waals surface area contributed by atoms with E-state index >= 15 is 0 Å². The summed E-state index contributed by atoms with van der Waals surface area (Å²) in [4.78, 5) is 13.4. The summed E-state index contributed by atoms with van der Waals surface area (Å²) in [6.07, 6.45) is 33.1. The lowest BCUT2D eigenvalue weighted by Crippen LogP contribution is -2.66. The van der Waals surface area contributed by atoms with Crippen LogP contribution in [0.3, 0.4) is 0 Å². The summed E-state index contributed by atoms with van der Waals surface area (Å²) in [7, 11) is 0. The van der Waals surface area contributed by atoms with Crippen molar-refractivity contribution >= 4 is 5.91 Å². The molecule has 0 bridgehead atoms. The third-order valence-corrected chi connectivity index (χ3v) is 18.3. The molecule has 0 spiro atoms. The van der Waals surface area contributed by atoms with E-state index in [0.717, 1.165) is 38.5 Å². The smallest absolute Gasteiger partial charge is 0.220 e. The van der Waals surface area contributed by atoms with E-state index in [1.807, 2.05) is 6.08 Å². The zero-order valence-electron chi connectivity index (χ0n) is 55.4. The minimum atomic E-state index is -1.98. The molecule has 19 nitrogen and oxygen atoms in total. The van der Waals surface area contributed by atoms with E-state index in [2.05, 4.69) is 31.3 Å². The molecule has 3 saturated heterocycles. The number of hydrogen-bond donors (Lipinski definition) is 12. The van der Waals surface area contributed by atoms with Gasteiger partial charge in [0.2, 0.25) is 5.91 Å². The van der Waals surface area contributed by atoms with Crippen LogP contribution in [0, 0.1) is 0 Å². The fourth-order valence-corrected chi connectivity index (χ4v) is 12.4. The van der Waals surface area contributed by atoms with Gasteiger partial charge in [-0.25, -0.2) is 0 Å². The van der Waals surface area contributed by atoms with Crippen molar-refractivity contribution in [1.29, 1.82) is 0 Å². The molecule has 1 amide bonds. The molecule has 524 valence electrons. The molecule has 0 saturated carbocycles. The van der Waals surface area contributed by atoms with Crippen LogP contribution >= 0.6 is 0 Å². The van der Waals surface area contributed by atoms with Crippen LogP contribution in [0.2, 0.25) is 0 Å². The summed E-state index contributed by atoms with van der Waals surface area (Å²) in [5.74, 6) is -0.281. The van der Waals surface area contributed by atoms with Crippen LogP contribution in [0.1, 0.15) is 284 Å². The monoisotopic (exact) mass is 1270 g/mol. The molecule has 17 atom stereocenters. The Morgan fingerprint density at radius 2 is 0.719 bits per heavy atom. The summed E-state index contributed by atoms with van der Waals surface area (Å²) in [5, 5.41) is 121. The second-order valence-electron chi connectivity index (χ2n) is 26.1. The number of nitrogens with one attached hydrogen (secondary N) is 1. The predicted molar refractivity (Wildman–Crippen MR) is 346 cm³/mol. The van der Waals surface area contributed by atoms with Crippen molar-refractivity contribution in [2.24, 2.45) is 0 Å². The fourth-order valence-electron chi connectivity index (χ4n) is 12.4. The molecular weight excluding hydrogens is 1140 g/mol. The number of aliphatic hydroxyl groups is 11. The zero-order valence-corrected chi connectivity index (χ0v) is 55.4. The summed E-state index contributed by atoms with van der Waals surface area (Å²) >= 11 is 0. The highest BCUT2D eigenvalue weighted by molar-refractivity contribution is 5.76. The molecule has 3 heterocycles. The first-order valence-electron chi connectivity index (χ1n) is 36.1. The topological polar surface area (TPSA) is 307 Å². The van der Waals surface area contributed by atoms with Gasteiger partial charge in [0.25, 0.3) is 0 Å². The Kier molecular flexibility index (Phi) is 48.1. The molecule has 3 rings (SSSR count). The van der Waals surface area contributed by atoms with Crippen molar-refractivity contribution < 1.29 is 89.4 Å². The van der Waals surface area contributed by atoms with Gasteiger partial charge >= 0.3 is 0 Å². The van der Waals surface area contributed by atoms with E-state index in [1.54, 1.807) is 6.08 Å². The van der Waals surface area contributed by atoms with E-state index in [0.29, 0.717) is 12.8 Å². The zero-order chi connectivity index (χ0) is 64.7. The van der Waals surface area contributed by atoms with Crippen LogP contribution in [0.15, 0.2) is 24.3 Å². The molecule has 0 radical (unpaired) electrons. The Balaban J connectivity index is 1.42. The fraction of sp³-hybridized carbons (Fsp3) is 0.929. The second-order valence-corrected chi connectivity index (χ2v) is 26.1. The highest BCUT2D eigenvalue weighted by Crippen LogP contribution is 2.33. The molecule has 3 aliphatic heterocycles. The number of unbranched alkanes of at least 4 members (excludes halogenated alkanes) is 38. The van der Waals surface area contributed by atoms with Gasteiger partial charge in [0.15, 0.2) is 18.9 Å². The standard InChI is InChI=1S/C70H131NO18/c1-3-5-7-9-11-13-15-17-19-21-22-23-24-25-26-27-28-29-30-31-32-33-35-37-39-41-43-45-47-54(75)53(71-58(76)48-46-44-42-40-38-36-34-20-18-16-14-12-10-8-6-4-2)52-84-68-64(82)61(79)66(56(50-73)86-68)89-70-65(83)62(80)67(57(51-74)87-70)88-69-63(81)60(78)59(77)55(49-72)85-69/h37,39,45,47,53-57,59-70,72-75,77-83H,3-36,38,40-44,46,48-52H2,1-2H3,(H,71,76)/b39-37+,47-45+. The third-order valence-electron chi connectivity index (χ3n) is 18.3. The minimum absolute atomic E-state index is 0.240. The van der Waals surface area contributed by atoms with Gasteiger partial charge in [-0.2, -0.15) is 0 Å². The number of amides is 1. The molecule has 0 aromatic rings. The van der Waals surface area contributed by atoms with Gasteiger partial charge in [0.05, 0.1) is 38.6 Å². The van der Waals surface area contributed by atoms with Crippen LogP contribution in [-0.4, -0.2) is 193 Å². The van der Waals surface area contributed by atoms with E-state index in [4.69, 9.17) is 28.4 Å². The Morgan fingerprint density at radius 3 is 1.12 bits per heavy atom. The van der Waals surface area contributed by atoms with Crippen molar-refractivity contribution in [2.75, 3.05) is 26.4 Å². The number of carbonyl (C=O) groups excluding carboxylic acids is 1. The normalized spacial score (nSPS) is 28.3. The van der Waals surface area contributed by atoms with Crippen molar-refractivity contribution in [3.8, 4) is 0 Å². The molecule has 3 aliphatic rings. The second kappa shape index (κ2) is 52.5. The largest absolute Gasteiger partial charge is 0.394 e. The van der Waals surface area contributed by atoms with Gasteiger partial charge in [-0.3, -0.25) is 4.79 Å². The first-order chi connectivity index (χ1) is 43.3. The van der Waals surface area contributed by atoms with Crippen molar-refractivity contribution in [3.05, 3.63) is 24.3 Å². The summed E-state index contributed by atoms with van der Waals surface area (Å²) in [6.45, 7) is 1.75. The average Bonchev–Trinajstić information content (AvgIpc) is 2.42. The van der Waals surface area contributed by atoms with E-state index < -0.39 is 124 Å². The molecule has 89 heavy (non-hydrogen) atoms. The number of allylic oxidation sites excluding steroid dienone is 3. The SMILES string of the molecule is CCCCCCCCCCCCCCCCCCCCCCCC/C=C/CC/C=C/C(O)C(COC1OC(CO)C(OC2OC(CO)C(OC3OC(CO)C(O)C(O)C3O)C(O)C2O)C(O)C1O)NC(=O)CCCCCCCCCCCCCCCCCC. The Bertz CT molecular complexity index is 1710. The molecule has 0 aliphatic carbocycles. The number of aliphatic hydroxyl groups excluding tert-OH is 11. The van der Waals surface area contributed by atoms with E-state index in [-0.39, 0.29) is 18.9 Å². The first kappa shape index (κ1) is 81.5. The molecule has 17 unspecified atom stereocenters. The van der Waals surface area contributed by atoms with Crippen molar-refractivity contribution in [2.45, 2.75) is 388 Å². The first-order valence-corrected chi connectivity index (χ1v) is 36.1. The van der Waals surface area contributed by atoms with Gasteiger partial charge < -0.3 is 89.9 Å². The molecule has 0 aromatic carbocycles. The molecule has 19 heteroatoms. The maximum atomic E-state index is 13.4. The number of carbonyl (C=O) groups is 1. The van der Waals surface area contributed by atoms with E-state index in [1.165, 1.54) is 212 Å². The Labute approximate surface area is 537 Å². The van der Waals surface area contributed by atoms with Crippen LogP contribution in [0.25, 0.3) is 0 Å². The lowest BCUT2D eigenvalue weighted by Gasteiger charge is -2.48. The maximum absolute atomic E-state index is 13.4. The minimum Gasteiger partial charge on any atom is -0.394 e. The molecule has 0 aromatic heterocycles. The Hall–Kier alpha value is -1.73. The number of rotatable bonds is 56. The van der Waals surface area contributed by atoms with Crippen LogP contribution in [0.4, 0.5) is 0 Å². The summed E-state index contributed by atoms with van der Waals surface area (Å²) in [5.41, 5.74) is 0. The number of ether oxygens (including phenoxy) is 6. The summed E-state index contributed by atoms with van der Waals surface area (Å²) in [6, 6.07) is -0.986. The van der Waals surface area contributed by atoms with Crippen LogP contribution in [0.5, 0.6) is 0 Å². The highest BCUT2D eigenvalue weighted by Gasteiger charge is 2.53. The molecular formula is C70H131NO18. The van der Waals surface area contributed by atoms with Crippen molar-refractivity contribution in [3.63, 3.8) is 0 Å². The van der Waals surface area contributed by atoms with Gasteiger partial charge in [0, 0.05) is 6.42 Å². The maximum Gasteiger partial charge on any atom is 0.220 e. The average molecular weight is 1270 g/mol. The summed E-state index contributed by atoms with van der Waals surface area (Å²) < 4.78 is 34.3. The van der Waals surface area contributed by atoms with Gasteiger partial charge in [-0.1, -0.05) is 269 Å². The molecule has 3 fully saturated rings. The Morgan fingerprint density at radius 1 is 0.393 bits per heavy atom. The quantitative estimate of drug-likeness (QED) is 0.0199. The highest BCUT2D eigenvalue weighted by atomic mass is 16.8. The van der Waals surface area contributed by atoms with Gasteiger partial charge in [-0.05, 0) is 32.1 Å². The van der Waals surface area contributed by atoms with Gasteiger partial charge in [0.1, 0.15) is 73.2 Å². The lowest BCUT2D eigenvalue weighted by molar-refractivity contribution is -0.379. The molecule has 12 N–H and O–H groups in total. The number of hydrogen-bond acceptors (Lipinski definition) is 18. The van der Waals surface area contributed by atoms with E-state index in [9.17, 15) is 61.0 Å². The third kappa shape index (κ3) is 34.5. The van der Waals surface area contributed by atoms with Crippen molar-refractivity contribution in [1.82, 2.24) is 5.32 Å². The van der Waals surface area contributed by atoms with Gasteiger partial charge in [-0.15, -0.1) is 0 Å². The predicted octanol–water partition coefficient (Wildman–Crippen LogP) is 9.83. The van der Waals surface area contributed by atoms with Crippen LogP contribution < -0.4 is 5.32 Å². The lowest BCUT2D eigenvalue weighted by atomic mass is 9.96. The van der Waals surface area contributed by atoms with Crippen LogP contribution in [-0.2, 0) is 33.2 Å².